The standard InChI is InChI=1S/C17H17ClFNO2.C16H15ClFNO2/c1-3-11-4-6-14(12(8-11)9-16(21)22)20-15-7-5-13(18)10(2)17(15)19;1-9-3-5-13(11(7-9)8-15(20)21)19-14-6-4-12(17)10(2)16(14)18/h4-8,20H,3,9H2,1-2H3,(H,21,22);3-7,19H,8H2,1-2H3,(H,20,21). The van der Waals surface area contributed by atoms with E-state index in [9.17, 15) is 18.4 Å². The van der Waals surface area contributed by atoms with Gasteiger partial charge in [-0.3, -0.25) is 9.59 Å². The van der Waals surface area contributed by atoms with Crippen LogP contribution in [-0.4, -0.2) is 22.2 Å². The Bertz CT molecular complexity index is 1660. The average Bonchev–Trinajstić information content (AvgIpc) is 2.95. The fourth-order valence-electron chi connectivity index (χ4n) is 4.26. The Morgan fingerprint density at radius 2 is 1.09 bits per heavy atom. The zero-order chi connectivity index (χ0) is 31.8. The van der Waals surface area contributed by atoms with Crippen molar-refractivity contribution in [1.29, 1.82) is 0 Å². The van der Waals surface area contributed by atoms with E-state index in [4.69, 9.17) is 33.4 Å². The van der Waals surface area contributed by atoms with E-state index in [-0.39, 0.29) is 24.2 Å². The normalized spacial score (nSPS) is 10.5. The summed E-state index contributed by atoms with van der Waals surface area (Å²) in [7, 11) is 0. The van der Waals surface area contributed by atoms with Gasteiger partial charge in [0.05, 0.1) is 24.2 Å². The minimum absolute atomic E-state index is 0.121. The van der Waals surface area contributed by atoms with Crippen molar-refractivity contribution in [1.82, 2.24) is 0 Å². The van der Waals surface area contributed by atoms with Gasteiger partial charge < -0.3 is 20.8 Å². The predicted molar refractivity (Wildman–Crippen MR) is 169 cm³/mol. The van der Waals surface area contributed by atoms with Gasteiger partial charge >= 0.3 is 11.9 Å². The summed E-state index contributed by atoms with van der Waals surface area (Å²) in [4.78, 5) is 22.0. The van der Waals surface area contributed by atoms with Crippen LogP contribution in [0.25, 0.3) is 0 Å². The molecule has 0 amide bonds. The maximum atomic E-state index is 14.2. The first-order valence-corrected chi connectivity index (χ1v) is 14.1. The molecule has 6 nitrogen and oxygen atoms in total. The van der Waals surface area contributed by atoms with Crippen molar-refractivity contribution in [2.45, 2.75) is 47.0 Å². The molecule has 0 spiro atoms. The quantitative estimate of drug-likeness (QED) is 0.147. The van der Waals surface area contributed by atoms with Gasteiger partial charge in [0.1, 0.15) is 0 Å². The summed E-state index contributed by atoms with van der Waals surface area (Å²) in [5.41, 5.74) is 5.63. The maximum Gasteiger partial charge on any atom is 0.307 e. The summed E-state index contributed by atoms with van der Waals surface area (Å²) >= 11 is 11.7. The third-order valence-corrected chi connectivity index (χ3v) is 7.52. The lowest BCUT2D eigenvalue weighted by Crippen LogP contribution is -2.05. The molecule has 4 rings (SSSR count). The van der Waals surface area contributed by atoms with Gasteiger partial charge in [0.15, 0.2) is 11.6 Å². The topological polar surface area (TPSA) is 98.7 Å². The fraction of sp³-hybridized carbons (Fsp3) is 0.212. The van der Waals surface area contributed by atoms with Gasteiger partial charge in [-0.25, -0.2) is 8.78 Å². The average molecular weight is 630 g/mol. The number of rotatable bonds is 9. The molecule has 0 aliphatic carbocycles. The molecule has 0 heterocycles. The predicted octanol–water partition coefficient (Wildman–Crippen LogP) is 9.19. The van der Waals surface area contributed by atoms with Crippen LogP contribution in [0.2, 0.25) is 10.0 Å². The Kier molecular flexibility index (Phi) is 11.5. The van der Waals surface area contributed by atoms with Crippen LogP contribution in [0.3, 0.4) is 0 Å². The second-order valence-electron chi connectivity index (χ2n) is 9.96. The van der Waals surface area contributed by atoms with Crippen LogP contribution in [0.5, 0.6) is 0 Å². The number of anilines is 4. The van der Waals surface area contributed by atoms with Crippen LogP contribution in [0.1, 0.15) is 40.3 Å². The molecule has 0 saturated heterocycles. The summed E-state index contributed by atoms with van der Waals surface area (Å²) in [6.07, 6.45) is 0.559. The molecule has 43 heavy (non-hydrogen) atoms. The third-order valence-electron chi connectivity index (χ3n) is 6.70. The third kappa shape index (κ3) is 8.92. The van der Waals surface area contributed by atoms with Crippen molar-refractivity contribution < 1.29 is 28.6 Å². The Hall–Kier alpha value is -4.14. The van der Waals surface area contributed by atoms with Crippen molar-refractivity contribution in [3.05, 3.63) is 116 Å². The smallest absolute Gasteiger partial charge is 0.307 e. The van der Waals surface area contributed by atoms with Crippen LogP contribution in [0.4, 0.5) is 31.5 Å². The number of hydrogen-bond acceptors (Lipinski definition) is 4. The first-order chi connectivity index (χ1) is 20.3. The minimum Gasteiger partial charge on any atom is -0.481 e. The molecule has 4 aromatic carbocycles. The van der Waals surface area contributed by atoms with Crippen molar-refractivity contribution in [3.63, 3.8) is 0 Å². The molecule has 0 aliphatic heterocycles. The van der Waals surface area contributed by atoms with Gasteiger partial charge in [0.25, 0.3) is 0 Å². The van der Waals surface area contributed by atoms with Crippen LogP contribution in [0, 0.1) is 32.4 Å². The Labute approximate surface area is 259 Å². The molecule has 4 N–H and O–H groups in total. The van der Waals surface area contributed by atoms with E-state index in [1.165, 1.54) is 6.07 Å². The first kappa shape index (κ1) is 33.4. The van der Waals surface area contributed by atoms with Crippen molar-refractivity contribution >= 4 is 57.9 Å². The number of carbonyl (C=O) groups is 2. The second kappa shape index (κ2) is 14.8. The highest BCUT2D eigenvalue weighted by Gasteiger charge is 2.14. The molecule has 0 bridgehead atoms. The summed E-state index contributed by atoms with van der Waals surface area (Å²) in [6.45, 7) is 7.06. The highest BCUT2D eigenvalue weighted by molar-refractivity contribution is 6.31. The lowest BCUT2D eigenvalue weighted by atomic mass is 10.0. The van der Waals surface area contributed by atoms with E-state index in [2.05, 4.69) is 10.6 Å². The maximum absolute atomic E-state index is 14.2. The van der Waals surface area contributed by atoms with E-state index in [1.54, 1.807) is 50.2 Å². The van der Waals surface area contributed by atoms with E-state index >= 15 is 0 Å². The summed E-state index contributed by atoms with van der Waals surface area (Å²) in [5, 5.41) is 24.6. The van der Waals surface area contributed by atoms with Gasteiger partial charge in [-0.1, -0.05) is 60.0 Å². The number of nitrogens with one attached hydrogen (secondary N) is 2. The number of carboxylic acid groups (broad SMARTS) is 2. The van der Waals surface area contributed by atoms with Crippen LogP contribution in [-0.2, 0) is 28.9 Å². The van der Waals surface area contributed by atoms with Crippen LogP contribution >= 0.6 is 23.2 Å². The molecular formula is C33H32Cl2F2N2O4. The molecule has 4 aromatic rings. The molecule has 0 aliphatic rings. The van der Waals surface area contributed by atoms with Gasteiger partial charge in [0, 0.05) is 32.5 Å². The van der Waals surface area contributed by atoms with Crippen LogP contribution in [0.15, 0.2) is 60.7 Å². The van der Waals surface area contributed by atoms with E-state index in [1.807, 2.05) is 32.0 Å². The summed E-state index contributed by atoms with van der Waals surface area (Å²) in [6, 6.07) is 17.2. The zero-order valence-corrected chi connectivity index (χ0v) is 25.6. The zero-order valence-electron chi connectivity index (χ0n) is 24.1. The minimum atomic E-state index is -0.934. The van der Waals surface area contributed by atoms with Crippen molar-refractivity contribution in [2.24, 2.45) is 0 Å². The Morgan fingerprint density at radius 3 is 1.53 bits per heavy atom. The monoisotopic (exact) mass is 628 g/mol. The largest absolute Gasteiger partial charge is 0.481 e. The molecule has 0 radical (unpaired) electrons. The highest BCUT2D eigenvalue weighted by Crippen LogP contribution is 2.30. The Balaban J connectivity index is 0.000000236. The number of aryl methyl sites for hydroxylation is 2. The molecule has 0 unspecified atom stereocenters. The molecule has 0 fully saturated rings. The summed E-state index contributed by atoms with van der Waals surface area (Å²) in [5.74, 6) is -2.74. The van der Waals surface area contributed by atoms with E-state index in [0.29, 0.717) is 43.7 Å². The number of benzene rings is 4. The lowest BCUT2D eigenvalue weighted by Gasteiger charge is -2.14. The number of carboxylic acids is 2. The highest BCUT2D eigenvalue weighted by atomic mass is 35.5. The molecule has 226 valence electrons. The second-order valence-corrected chi connectivity index (χ2v) is 10.8. The molecule has 0 atom stereocenters. The van der Waals surface area contributed by atoms with E-state index < -0.39 is 23.6 Å². The van der Waals surface area contributed by atoms with Crippen molar-refractivity contribution in [2.75, 3.05) is 10.6 Å². The van der Waals surface area contributed by atoms with Gasteiger partial charge in [-0.15, -0.1) is 0 Å². The van der Waals surface area contributed by atoms with Gasteiger partial charge in [-0.2, -0.15) is 0 Å². The van der Waals surface area contributed by atoms with Crippen molar-refractivity contribution in [3.8, 4) is 0 Å². The van der Waals surface area contributed by atoms with E-state index in [0.717, 1.165) is 17.5 Å². The SMILES string of the molecule is CCc1ccc(Nc2ccc(Cl)c(C)c2F)c(CC(=O)O)c1.Cc1ccc(Nc2ccc(Cl)c(C)c2F)c(CC(=O)O)c1. The molecular weight excluding hydrogens is 597 g/mol. The van der Waals surface area contributed by atoms with Gasteiger partial charge in [0.2, 0.25) is 0 Å². The number of halogens is 4. The van der Waals surface area contributed by atoms with Gasteiger partial charge in [-0.05, 0) is 80.3 Å². The lowest BCUT2D eigenvalue weighted by molar-refractivity contribution is -0.137. The molecule has 0 aromatic heterocycles. The molecule has 0 saturated carbocycles. The number of hydrogen-bond donors (Lipinski definition) is 4. The molecule has 10 heteroatoms. The Morgan fingerprint density at radius 1 is 0.674 bits per heavy atom. The fourth-order valence-corrected chi connectivity index (χ4v) is 4.55. The number of aliphatic carboxylic acids is 2. The first-order valence-electron chi connectivity index (χ1n) is 13.4. The van der Waals surface area contributed by atoms with Crippen LogP contribution < -0.4 is 10.6 Å². The summed E-state index contributed by atoms with van der Waals surface area (Å²) < 4.78 is 28.4.